The number of carbonyl (C=O) groups is 2. The first kappa shape index (κ1) is 19.4. The molecule has 4 rings (SSSR count). The summed E-state index contributed by atoms with van der Waals surface area (Å²) in [5, 5.41) is 20.5. The maximum Gasteiger partial charge on any atom is 0.292 e. The number of furan rings is 1. The van der Waals surface area contributed by atoms with Gasteiger partial charge >= 0.3 is 0 Å². The van der Waals surface area contributed by atoms with E-state index in [-0.39, 0.29) is 17.1 Å². The Kier molecular flexibility index (Phi) is 5.09. The number of para-hydroxylation sites is 1. The summed E-state index contributed by atoms with van der Waals surface area (Å²) in [5.74, 6) is 0.616. The Labute approximate surface area is 171 Å². The second-order valence-corrected chi connectivity index (χ2v) is 7.00. The quantitative estimate of drug-likeness (QED) is 0.568. The van der Waals surface area contributed by atoms with Crippen LogP contribution < -0.4 is 10.7 Å². The number of amides is 2. The van der Waals surface area contributed by atoms with Crippen LogP contribution in [0, 0.1) is 13.8 Å². The third-order valence-corrected chi connectivity index (χ3v) is 4.84. The van der Waals surface area contributed by atoms with Crippen molar-refractivity contribution < 1.29 is 23.6 Å². The first-order valence-electron chi connectivity index (χ1n) is 9.46. The van der Waals surface area contributed by atoms with Gasteiger partial charge in [0.1, 0.15) is 17.3 Å². The predicted molar refractivity (Wildman–Crippen MR) is 108 cm³/mol. The first-order chi connectivity index (χ1) is 14.4. The van der Waals surface area contributed by atoms with Crippen molar-refractivity contribution in [1.29, 1.82) is 0 Å². The average molecular weight is 408 g/mol. The van der Waals surface area contributed by atoms with Crippen molar-refractivity contribution in [2.24, 2.45) is 5.10 Å². The van der Waals surface area contributed by atoms with Gasteiger partial charge in [-0.15, -0.1) is 0 Å². The molecule has 0 spiro atoms. The third kappa shape index (κ3) is 3.69. The number of hydrogen-bond acceptors (Lipinski definition) is 7. The van der Waals surface area contributed by atoms with Gasteiger partial charge in [-0.3, -0.25) is 9.59 Å². The molecule has 9 heteroatoms. The van der Waals surface area contributed by atoms with E-state index >= 15 is 0 Å². The van der Waals surface area contributed by atoms with Gasteiger partial charge in [-0.25, -0.2) is 5.43 Å². The number of rotatable bonds is 4. The summed E-state index contributed by atoms with van der Waals surface area (Å²) in [6, 6.07) is 7.84. The molecule has 1 aliphatic rings. The molecule has 0 saturated heterocycles. The van der Waals surface area contributed by atoms with E-state index < -0.39 is 11.8 Å². The lowest BCUT2D eigenvalue weighted by atomic mass is 9.93. The van der Waals surface area contributed by atoms with Gasteiger partial charge in [-0.2, -0.15) is 5.10 Å². The second kappa shape index (κ2) is 7.86. The van der Waals surface area contributed by atoms with Crippen molar-refractivity contribution in [2.75, 3.05) is 5.32 Å². The van der Waals surface area contributed by atoms with Crippen LogP contribution >= 0.6 is 0 Å². The smallest absolute Gasteiger partial charge is 0.292 e. The molecule has 2 amide bonds. The SMILES string of the molecule is Cc1cc(NC(=O)c2oc3c(c2C)/C(=N/NC(=O)c2ccccc2O)CCC3)no1. The van der Waals surface area contributed by atoms with Crippen LogP contribution in [0.4, 0.5) is 5.82 Å². The molecule has 3 aromatic rings. The minimum Gasteiger partial charge on any atom is -0.507 e. The molecule has 0 radical (unpaired) electrons. The maximum absolute atomic E-state index is 12.6. The Bertz CT molecular complexity index is 1160. The maximum atomic E-state index is 12.6. The summed E-state index contributed by atoms with van der Waals surface area (Å²) >= 11 is 0. The van der Waals surface area contributed by atoms with E-state index in [2.05, 4.69) is 21.0 Å². The van der Waals surface area contributed by atoms with E-state index in [0.717, 1.165) is 12.0 Å². The summed E-state index contributed by atoms with van der Waals surface area (Å²) in [6.07, 6.45) is 2.06. The number of aromatic nitrogens is 1. The van der Waals surface area contributed by atoms with E-state index in [9.17, 15) is 14.7 Å². The zero-order valence-electron chi connectivity index (χ0n) is 16.5. The number of phenols is 1. The Morgan fingerprint density at radius 2 is 1.97 bits per heavy atom. The molecule has 9 nitrogen and oxygen atoms in total. The van der Waals surface area contributed by atoms with E-state index in [0.29, 0.717) is 41.5 Å². The van der Waals surface area contributed by atoms with E-state index in [1.807, 2.05) is 0 Å². The molecule has 2 aromatic heterocycles. The van der Waals surface area contributed by atoms with Gasteiger partial charge in [-0.1, -0.05) is 17.3 Å². The molecule has 154 valence electrons. The summed E-state index contributed by atoms with van der Waals surface area (Å²) in [7, 11) is 0. The zero-order chi connectivity index (χ0) is 21.3. The largest absolute Gasteiger partial charge is 0.507 e. The van der Waals surface area contributed by atoms with E-state index in [1.54, 1.807) is 32.0 Å². The molecule has 1 aromatic carbocycles. The Balaban J connectivity index is 1.58. The van der Waals surface area contributed by atoms with Gasteiger partial charge < -0.3 is 19.4 Å². The van der Waals surface area contributed by atoms with Crippen LogP contribution in [-0.4, -0.2) is 27.8 Å². The number of fused-ring (bicyclic) bond motifs is 1. The molecule has 1 aliphatic carbocycles. The van der Waals surface area contributed by atoms with Crippen molar-refractivity contribution in [2.45, 2.75) is 33.1 Å². The van der Waals surface area contributed by atoms with Gasteiger partial charge in [0, 0.05) is 23.6 Å². The van der Waals surface area contributed by atoms with Gasteiger partial charge in [-0.05, 0) is 38.8 Å². The third-order valence-electron chi connectivity index (χ3n) is 4.84. The van der Waals surface area contributed by atoms with Crippen molar-refractivity contribution in [3.63, 3.8) is 0 Å². The van der Waals surface area contributed by atoms with Crippen LogP contribution in [0.5, 0.6) is 5.75 Å². The van der Waals surface area contributed by atoms with Crippen LogP contribution in [0.2, 0.25) is 0 Å². The van der Waals surface area contributed by atoms with Gasteiger partial charge in [0.2, 0.25) is 0 Å². The fourth-order valence-corrected chi connectivity index (χ4v) is 3.44. The van der Waals surface area contributed by atoms with Crippen molar-refractivity contribution in [3.8, 4) is 5.75 Å². The fourth-order valence-electron chi connectivity index (χ4n) is 3.44. The molecule has 0 aliphatic heterocycles. The summed E-state index contributed by atoms with van der Waals surface area (Å²) in [6.45, 7) is 3.50. The standard InChI is InChI=1S/C21H20N4O5/c1-11-10-17(25-30-11)22-21(28)19-12(2)18-14(7-5-9-16(18)29-19)23-24-20(27)13-6-3-4-8-15(13)26/h3-4,6,8,10,26H,5,7,9H2,1-2H3,(H,24,27)(H,22,25,28)/b23-14+. The highest BCUT2D eigenvalue weighted by atomic mass is 16.5. The lowest BCUT2D eigenvalue weighted by Crippen LogP contribution is -2.22. The average Bonchev–Trinajstić information content (AvgIpc) is 3.29. The van der Waals surface area contributed by atoms with Crippen LogP contribution in [0.15, 0.2) is 44.4 Å². The number of hydrogen-bond donors (Lipinski definition) is 3. The molecule has 3 N–H and O–H groups in total. The molecule has 0 bridgehead atoms. The lowest BCUT2D eigenvalue weighted by molar-refractivity contribution is 0.0950. The number of nitrogens with one attached hydrogen (secondary N) is 2. The minimum atomic E-state index is -0.520. The van der Waals surface area contributed by atoms with Gasteiger partial charge in [0.25, 0.3) is 11.8 Å². The normalized spacial score (nSPS) is 14.4. The predicted octanol–water partition coefficient (Wildman–Crippen LogP) is 3.31. The summed E-state index contributed by atoms with van der Waals surface area (Å²) in [5.41, 5.74) is 4.59. The molecule has 2 heterocycles. The molecular formula is C21H20N4O5. The number of phenolic OH excluding ortho intramolecular Hbond substituents is 1. The van der Waals surface area contributed by atoms with Gasteiger partial charge in [0.05, 0.1) is 11.3 Å². The molecule has 0 fully saturated rings. The highest BCUT2D eigenvalue weighted by Crippen LogP contribution is 2.30. The molecular weight excluding hydrogens is 388 g/mol. The highest BCUT2D eigenvalue weighted by molar-refractivity contribution is 6.09. The highest BCUT2D eigenvalue weighted by Gasteiger charge is 2.28. The number of benzene rings is 1. The van der Waals surface area contributed by atoms with E-state index in [1.165, 1.54) is 12.1 Å². The van der Waals surface area contributed by atoms with Crippen molar-refractivity contribution >= 4 is 23.3 Å². The topological polar surface area (TPSA) is 130 Å². The monoisotopic (exact) mass is 408 g/mol. The van der Waals surface area contributed by atoms with Crippen LogP contribution in [0.1, 0.15) is 56.4 Å². The van der Waals surface area contributed by atoms with Crippen molar-refractivity contribution in [3.05, 3.63) is 64.3 Å². The zero-order valence-corrected chi connectivity index (χ0v) is 16.5. The van der Waals surface area contributed by atoms with Crippen molar-refractivity contribution in [1.82, 2.24) is 10.6 Å². The van der Waals surface area contributed by atoms with Crippen LogP contribution in [0.25, 0.3) is 0 Å². The number of carbonyl (C=O) groups excluding carboxylic acids is 2. The number of aryl methyl sites for hydroxylation is 2. The lowest BCUT2D eigenvalue weighted by Gasteiger charge is -2.13. The Hall–Kier alpha value is -3.88. The number of nitrogens with zero attached hydrogens (tertiary/aromatic N) is 2. The number of aromatic hydroxyl groups is 1. The summed E-state index contributed by atoms with van der Waals surface area (Å²) in [4.78, 5) is 25.0. The molecule has 0 atom stereocenters. The molecule has 0 unspecified atom stereocenters. The Morgan fingerprint density at radius 1 is 1.17 bits per heavy atom. The van der Waals surface area contributed by atoms with Crippen LogP contribution in [-0.2, 0) is 6.42 Å². The minimum absolute atomic E-state index is 0.124. The number of hydrazone groups is 1. The second-order valence-electron chi connectivity index (χ2n) is 7.00. The van der Waals surface area contributed by atoms with Gasteiger partial charge in [0.15, 0.2) is 11.6 Å². The molecule has 30 heavy (non-hydrogen) atoms. The number of anilines is 1. The fraction of sp³-hybridized carbons (Fsp3) is 0.238. The molecule has 0 saturated carbocycles. The van der Waals surface area contributed by atoms with E-state index in [4.69, 9.17) is 8.94 Å². The van der Waals surface area contributed by atoms with Crippen LogP contribution in [0.3, 0.4) is 0 Å². The summed E-state index contributed by atoms with van der Waals surface area (Å²) < 4.78 is 10.8. The first-order valence-corrected chi connectivity index (χ1v) is 9.46. The Morgan fingerprint density at radius 3 is 2.70 bits per heavy atom.